The summed E-state index contributed by atoms with van der Waals surface area (Å²) in [7, 11) is 0. The van der Waals surface area contributed by atoms with E-state index in [9.17, 15) is 4.79 Å². The monoisotopic (exact) mass is 204 g/mol. The van der Waals surface area contributed by atoms with E-state index in [0.717, 1.165) is 12.8 Å². The van der Waals surface area contributed by atoms with Gasteiger partial charge in [0.05, 0.1) is 5.92 Å². The van der Waals surface area contributed by atoms with E-state index >= 15 is 0 Å². The van der Waals surface area contributed by atoms with Crippen LogP contribution in [-0.4, -0.2) is 11.1 Å². The number of hydrogen-bond donors (Lipinski definition) is 1. The molecule has 1 aromatic carbocycles. The lowest BCUT2D eigenvalue weighted by atomic mass is 9.69. The van der Waals surface area contributed by atoms with E-state index in [4.69, 9.17) is 5.11 Å². The minimum Gasteiger partial charge on any atom is -0.481 e. The second-order valence-corrected chi connectivity index (χ2v) is 4.49. The Kier molecular flexibility index (Phi) is 2.51. The molecule has 2 atom stereocenters. The average molecular weight is 204 g/mol. The Balaban J connectivity index is 2.30. The summed E-state index contributed by atoms with van der Waals surface area (Å²) in [5.74, 6) is -0.569. The zero-order valence-electron chi connectivity index (χ0n) is 9.16. The molecular weight excluding hydrogens is 188 g/mol. The predicted octanol–water partition coefficient (Wildman–Crippen LogP) is 2.88. The van der Waals surface area contributed by atoms with Crippen molar-refractivity contribution >= 4 is 5.97 Å². The molecule has 0 saturated heterocycles. The molecule has 0 heterocycles. The lowest BCUT2D eigenvalue weighted by molar-refractivity contribution is -0.145. The van der Waals surface area contributed by atoms with Crippen LogP contribution in [0.5, 0.6) is 0 Å². The quantitative estimate of drug-likeness (QED) is 0.804. The Bertz CT molecular complexity index is 396. The van der Waals surface area contributed by atoms with Gasteiger partial charge in [0.25, 0.3) is 0 Å². The summed E-state index contributed by atoms with van der Waals surface area (Å²) < 4.78 is 0. The first kappa shape index (κ1) is 10.2. The van der Waals surface area contributed by atoms with Crippen molar-refractivity contribution in [2.75, 3.05) is 0 Å². The van der Waals surface area contributed by atoms with Crippen LogP contribution in [0.3, 0.4) is 0 Å². The van der Waals surface area contributed by atoms with Crippen LogP contribution in [-0.2, 0) is 4.79 Å². The fourth-order valence-electron chi connectivity index (χ4n) is 2.33. The minimum atomic E-state index is -0.646. The first-order chi connectivity index (χ1) is 7.09. The highest BCUT2D eigenvalue weighted by Gasteiger charge is 2.38. The number of benzene rings is 1. The molecule has 1 saturated carbocycles. The van der Waals surface area contributed by atoms with Crippen LogP contribution in [0.4, 0.5) is 0 Å². The van der Waals surface area contributed by atoms with Crippen LogP contribution in [0, 0.1) is 19.8 Å². The summed E-state index contributed by atoms with van der Waals surface area (Å²) in [4.78, 5) is 11.0. The number of rotatable bonds is 2. The molecule has 1 aliphatic rings. The zero-order chi connectivity index (χ0) is 11.0. The molecule has 80 valence electrons. The summed E-state index contributed by atoms with van der Waals surface area (Å²) in [5.41, 5.74) is 3.66. The Labute approximate surface area is 89.9 Å². The summed E-state index contributed by atoms with van der Waals surface area (Å²) in [6.45, 7) is 4.11. The number of carboxylic acids is 1. The van der Waals surface area contributed by atoms with Gasteiger partial charge in [-0.1, -0.05) is 23.8 Å². The molecule has 2 heteroatoms. The summed E-state index contributed by atoms with van der Waals surface area (Å²) in [6, 6.07) is 6.30. The van der Waals surface area contributed by atoms with E-state index in [2.05, 4.69) is 32.0 Å². The van der Waals surface area contributed by atoms with Crippen LogP contribution < -0.4 is 0 Å². The van der Waals surface area contributed by atoms with Crippen LogP contribution in [0.1, 0.15) is 35.4 Å². The Morgan fingerprint density at radius 2 is 2.07 bits per heavy atom. The van der Waals surface area contributed by atoms with Gasteiger partial charge < -0.3 is 5.11 Å². The Morgan fingerprint density at radius 3 is 2.60 bits per heavy atom. The van der Waals surface area contributed by atoms with Crippen molar-refractivity contribution < 1.29 is 9.90 Å². The van der Waals surface area contributed by atoms with Crippen LogP contribution in [0.2, 0.25) is 0 Å². The summed E-state index contributed by atoms with van der Waals surface area (Å²) >= 11 is 0. The summed E-state index contributed by atoms with van der Waals surface area (Å²) in [5, 5.41) is 9.03. The maximum atomic E-state index is 11.0. The zero-order valence-corrected chi connectivity index (χ0v) is 9.16. The van der Waals surface area contributed by atoms with Crippen molar-refractivity contribution in [3.63, 3.8) is 0 Å². The van der Waals surface area contributed by atoms with Gasteiger partial charge >= 0.3 is 5.97 Å². The van der Waals surface area contributed by atoms with Gasteiger partial charge in [-0.2, -0.15) is 0 Å². The first-order valence-electron chi connectivity index (χ1n) is 5.39. The fraction of sp³-hybridized carbons (Fsp3) is 0.462. The van der Waals surface area contributed by atoms with Gasteiger partial charge in [-0.15, -0.1) is 0 Å². The third-order valence-electron chi connectivity index (χ3n) is 3.43. The molecule has 2 rings (SSSR count). The molecular formula is C13H16O2. The van der Waals surface area contributed by atoms with Crippen LogP contribution in [0.25, 0.3) is 0 Å². The molecule has 2 unspecified atom stereocenters. The standard InChI is InChI=1S/C13H16O2/c1-8-3-4-9(2)12(7-8)10-5-6-11(10)13(14)15/h3-4,7,10-11H,5-6H2,1-2H3,(H,14,15). The third-order valence-corrected chi connectivity index (χ3v) is 3.43. The van der Waals surface area contributed by atoms with Gasteiger partial charge in [-0.3, -0.25) is 4.79 Å². The van der Waals surface area contributed by atoms with E-state index in [-0.39, 0.29) is 11.8 Å². The van der Waals surface area contributed by atoms with E-state index in [0.29, 0.717) is 0 Å². The maximum absolute atomic E-state index is 11.0. The molecule has 0 radical (unpaired) electrons. The second kappa shape index (κ2) is 3.69. The van der Waals surface area contributed by atoms with Gasteiger partial charge in [0.15, 0.2) is 0 Å². The van der Waals surface area contributed by atoms with Crippen molar-refractivity contribution in [2.24, 2.45) is 5.92 Å². The first-order valence-corrected chi connectivity index (χ1v) is 5.39. The lowest BCUT2D eigenvalue weighted by Crippen LogP contribution is -2.31. The second-order valence-electron chi connectivity index (χ2n) is 4.49. The van der Waals surface area contributed by atoms with E-state index in [1.807, 2.05) is 0 Å². The van der Waals surface area contributed by atoms with Crippen LogP contribution in [0.15, 0.2) is 18.2 Å². The average Bonchev–Trinajstić information content (AvgIpc) is 2.08. The molecule has 0 aromatic heterocycles. The maximum Gasteiger partial charge on any atom is 0.307 e. The van der Waals surface area contributed by atoms with Crippen molar-refractivity contribution in [1.29, 1.82) is 0 Å². The number of carboxylic acid groups (broad SMARTS) is 1. The number of aliphatic carboxylic acids is 1. The largest absolute Gasteiger partial charge is 0.481 e. The normalized spacial score (nSPS) is 24.7. The minimum absolute atomic E-state index is 0.162. The van der Waals surface area contributed by atoms with E-state index in [1.165, 1.54) is 16.7 Å². The highest BCUT2D eigenvalue weighted by molar-refractivity contribution is 5.73. The topological polar surface area (TPSA) is 37.3 Å². The van der Waals surface area contributed by atoms with E-state index < -0.39 is 5.97 Å². The third kappa shape index (κ3) is 1.76. The molecule has 0 spiro atoms. The molecule has 1 N–H and O–H groups in total. The highest BCUT2D eigenvalue weighted by Crippen LogP contribution is 2.43. The smallest absolute Gasteiger partial charge is 0.307 e. The van der Waals surface area contributed by atoms with Gasteiger partial charge in [0.2, 0.25) is 0 Å². The van der Waals surface area contributed by atoms with Gasteiger partial charge in [-0.25, -0.2) is 0 Å². The SMILES string of the molecule is Cc1ccc(C)c(C2CCC2C(=O)O)c1. The predicted molar refractivity (Wildman–Crippen MR) is 59.0 cm³/mol. The fourth-order valence-corrected chi connectivity index (χ4v) is 2.33. The van der Waals surface area contributed by atoms with Crippen LogP contribution >= 0.6 is 0 Å². The van der Waals surface area contributed by atoms with E-state index in [1.54, 1.807) is 0 Å². The molecule has 15 heavy (non-hydrogen) atoms. The molecule has 0 bridgehead atoms. The number of carbonyl (C=O) groups is 1. The van der Waals surface area contributed by atoms with Crippen molar-refractivity contribution in [2.45, 2.75) is 32.6 Å². The highest BCUT2D eigenvalue weighted by atomic mass is 16.4. The molecule has 1 fully saturated rings. The molecule has 0 amide bonds. The van der Waals surface area contributed by atoms with Gasteiger partial charge in [0, 0.05) is 0 Å². The lowest BCUT2D eigenvalue weighted by Gasteiger charge is -2.34. The molecule has 2 nitrogen and oxygen atoms in total. The molecule has 1 aliphatic carbocycles. The van der Waals surface area contributed by atoms with Gasteiger partial charge in [0.1, 0.15) is 0 Å². The summed E-state index contributed by atoms with van der Waals surface area (Å²) in [6.07, 6.45) is 1.84. The van der Waals surface area contributed by atoms with Crippen molar-refractivity contribution in [1.82, 2.24) is 0 Å². The van der Waals surface area contributed by atoms with Crippen molar-refractivity contribution in [3.8, 4) is 0 Å². The Hall–Kier alpha value is -1.31. The molecule has 1 aromatic rings. The van der Waals surface area contributed by atoms with Gasteiger partial charge in [-0.05, 0) is 43.7 Å². The van der Waals surface area contributed by atoms with Crippen molar-refractivity contribution in [3.05, 3.63) is 34.9 Å². The Morgan fingerprint density at radius 1 is 1.33 bits per heavy atom. The number of aryl methyl sites for hydroxylation is 2. The molecule has 0 aliphatic heterocycles. The number of hydrogen-bond acceptors (Lipinski definition) is 1.